The summed E-state index contributed by atoms with van der Waals surface area (Å²) in [6.45, 7) is 4.35. The minimum absolute atomic E-state index is 0.0648. The lowest BCUT2D eigenvalue weighted by molar-refractivity contribution is -0.161. The van der Waals surface area contributed by atoms with Gasteiger partial charge in [-0.25, -0.2) is 9.13 Å². The maximum absolute atomic E-state index is 13.1. The van der Waals surface area contributed by atoms with Crippen LogP contribution in [0.5, 0.6) is 0 Å². The standard InChI is InChI=1S/C85H138O17P2/c1-5-9-13-17-21-25-29-32-35-38-39-42-44-47-51-54-58-62-66-70-82(87)95-75-80(101-84(89)71-67-63-59-55-49-28-24-20-16-12-8-4)77-99-103(91,92)97-73-79(86)74-98-104(93,94)100-78-81(102-85(90)72-68-64-60-56-52-48-45-41-37-34-31-27-23-19-15-11-7-3)76-96-83(88)69-65-61-57-53-50-46-43-40-36-33-30-26-22-18-14-10-6-2/h9-11,13-15,20-27,32-37,39,42-43,46-47,51,53,57,79-81,86H,5-8,12,16-19,28-31,38,40-41,44-45,48-50,52,54-56,58-78H2,1-4H3,(H,91,92)(H,93,94)/b13-9-,14-10-,15-11-,24-20-,25-21-,26-22-,27-23-,35-32-,36-33-,37-34-,42-39-,46-43-,51-47-,57-53-. The molecule has 0 saturated heterocycles. The summed E-state index contributed by atoms with van der Waals surface area (Å²) in [5.41, 5.74) is 0. The first-order valence-corrected chi connectivity index (χ1v) is 42.4. The van der Waals surface area contributed by atoms with Crippen molar-refractivity contribution in [2.24, 2.45) is 0 Å². The molecule has 0 aromatic heterocycles. The molecular formula is C85H138O17P2. The second-order valence-electron chi connectivity index (χ2n) is 25.5. The fraction of sp³-hybridized carbons (Fsp3) is 0.624. The maximum Gasteiger partial charge on any atom is 0.472 e. The molecule has 0 aliphatic heterocycles. The number of phosphoric acid groups is 2. The van der Waals surface area contributed by atoms with Gasteiger partial charge in [0.15, 0.2) is 12.2 Å². The summed E-state index contributed by atoms with van der Waals surface area (Å²) >= 11 is 0. The van der Waals surface area contributed by atoms with Gasteiger partial charge in [0.1, 0.15) is 19.3 Å². The molecule has 0 aromatic rings. The first-order valence-electron chi connectivity index (χ1n) is 39.4. The number of hydrogen-bond donors (Lipinski definition) is 3. The summed E-state index contributed by atoms with van der Waals surface area (Å²) < 4.78 is 68.5. The van der Waals surface area contributed by atoms with E-state index in [2.05, 4.69) is 186 Å². The Kier molecular flexibility index (Phi) is 71.6. The van der Waals surface area contributed by atoms with Gasteiger partial charge < -0.3 is 33.8 Å². The van der Waals surface area contributed by atoms with Gasteiger partial charge in [-0.05, 0) is 161 Å². The number of carbonyl (C=O) groups is 4. The Morgan fingerprint density at radius 1 is 0.279 bits per heavy atom. The first kappa shape index (κ1) is 98.4. The molecule has 104 heavy (non-hydrogen) atoms. The van der Waals surface area contributed by atoms with Crippen LogP contribution in [-0.2, 0) is 65.4 Å². The highest BCUT2D eigenvalue weighted by molar-refractivity contribution is 7.47. The molecule has 0 bridgehead atoms. The molecule has 0 aromatic carbocycles. The Balaban J connectivity index is 5.43. The maximum atomic E-state index is 13.1. The number of aliphatic hydroxyl groups excluding tert-OH is 1. The number of rotatable bonds is 72. The molecule has 0 spiro atoms. The van der Waals surface area contributed by atoms with Gasteiger partial charge in [0.2, 0.25) is 0 Å². The molecule has 0 heterocycles. The summed E-state index contributed by atoms with van der Waals surface area (Å²) in [6.07, 6.45) is 89.2. The molecule has 0 amide bonds. The smallest absolute Gasteiger partial charge is 0.462 e. The molecule has 0 saturated carbocycles. The van der Waals surface area contributed by atoms with E-state index in [0.29, 0.717) is 32.1 Å². The first-order chi connectivity index (χ1) is 50.7. The van der Waals surface area contributed by atoms with Crippen LogP contribution in [0.3, 0.4) is 0 Å². The fourth-order valence-electron chi connectivity index (χ4n) is 9.75. The summed E-state index contributed by atoms with van der Waals surface area (Å²) in [7, 11) is -10.00. The third kappa shape index (κ3) is 74.7. The van der Waals surface area contributed by atoms with Crippen molar-refractivity contribution in [2.75, 3.05) is 39.6 Å². The zero-order chi connectivity index (χ0) is 76.0. The minimum atomic E-state index is -5.00. The molecule has 3 N–H and O–H groups in total. The lowest BCUT2D eigenvalue weighted by atomic mass is 10.1. The monoisotopic (exact) mass is 1490 g/mol. The number of ether oxygens (including phenoxy) is 4. The van der Waals surface area contributed by atoms with Crippen molar-refractivity contribution in [1.29, 1.82) is 0 Å². The Bertz CT molecular complexity index is 2640. The van der Waals surface area contributed by atoms with Crippen LogP contribution >= 0.6 is 15.6 Å². The van der Waals surface area contributed by atoms with Gasteiger partial charge in [0.05, 0.1) is 26.4 Å². The topological polar surface area (TPSA) is 237 Å². The largest absolute Gasteiger partial charge is 0.472 e. The molecule has 590 valence electrons. The van der Waals surface area contributed by atoms with Crippen molar-refractivity contribution in [3.05, 3.63) is 170 Å². The number of allylic oxidation sites excluding steroid dienone is 28. The molecule has 5 unspecified atom stereocenters. The molecule has 0 fully saturated rings. The highest BCUT2D eigenvalue weighted by Crippen LogP contribution is 2.45. The number of hydrogen-bond acceptors (Lipinski definition) is 15. The van der Waals surface area contributed by atoms with E-state index in [1.165, 1.54) is 12.8 Å². The normalized spacial score (nSPS) is 14.8. The Morgan fingerprint density at radius 3 is 0.827 bits per heavy atom. The molecule has 17 nitrogen and oxygen atoms in total. The van der Waals surface area contributed by atoms with Gasteiger partial charge in [-0.2, -0.15) is 0 Å². The average Bonchev–Trinajstić information content (AvgIpc) is 0.931. The van der Waals surface area contributed by atoms with Crippen LogP contribution in [0.25, 0.3) is 0 Å². The fourth-order valence-corrected chi connectivity index (χ4v) is 11.3. The lowest BCUT2D eigenvalue weighted by Crippen LogP contribution is -2.30. The van der Waals surface area contributed by atoms with E-state index in [-0.39, 0.29) is 25.7 Å². The van der Waals surface area contributed by atoms with Crippen molar-refractivity contribution in [3.63, 3.8) is 0 Å². The average molecular weight is 1490 g/mol. The van der Waals surface area contributed by atoms with Gasteiger partial charge in [0.25, 0.3) is 0 Å². The van der Waals surface area contributed by atoms with Crippen molar-refractivity contribution >= 4 is 39.5 Å². The third-order valence-electron chi connectivity index (χ3n) is 15.7. The minimum Gasteiger partial charge on any atom is -0.462 e. The number of phosphoric ester groups is 2. The van der Waals surface area contributed by atoms with Crippen molar-refractivity contribution in [2.45, 2.75) is 303 Å². The van der Waals surface area contributed by atoms with E-state index < -0.39 is 97.5 Å². The van der Waals surface area contributed by atoms with Crippen LogP contribution in [0.2, 0.25) is 0 Å². The van der Waals surface area contributed by atoms with Gasteiger partial charge in [-0.3, -0.25) is 37.3 Å². The Hall–Kier alpha value is -5.58. The van der Waals surface area contributed by atoms with Gasteiger partial charge in [-0.15, -0.1) is 0 Å². The Morgan fingerprint density at radius 2 is 0.510 bits per heavy atom. The number of carbonyl (C=O) groups excluding carboxylic acids is 4. The lowest BCUT2D eigenvalue weighted by Gasteiger charge is -2.21. The van der Waals surface area contributed by atoms with Crippen LogP contribution in [0.4, 0.5) is 0 Å². The number of aliphatic hydroxyl groups is 1. The second kappa shape index (κ2) is 75.6. The van der Waals surface area contributed by atoms with E-state index in [0.717, 1.165) is 186 Å². The summed E-state index contributed by atoms with van der Waals surface area (Å²) in [5.74, 6) is -2.31. The Labute approximate surface area is 629 Å². The van der Waals surface area contributed by atoms with Crippen molar-refractivity contribution < 1.29 is 80.2 Å². The van der Waals surface area contributed by atoms with E-state index in [1.807, 2.05) is 12.2 Å². The van der Waals surface area contributed by atoms with Crippen LogP contribution in [0.1, 0.15) is 285 Å². The molecule has 0 aliphatic rings. The third-order valence-corrected chi connectivity index (χ3v) is 17.6. The second-order valence-corrected chi connectivity index (χ2v) is 28.4. The van der Waals surface area contributed by atoms with Crippen molar-refractivity contribution in [1.82, 2.24) is 0 Å². The molecule has 19 heteroatoms. The van der Waals surface area contributed by atoms with Gasteiger partial charge in [0, 0.05) is 25.7 Å². The summed E-state index contributed by atoms with van der Waals surface area (Å²) in [4.78, 5) is 72.9. The van der Waals surface area contributed by atoms with Crippen LogP contribution < -0.4 is 0 Å². The van der Waals surface area contributed by atoms with Crippen molar-refractivity contribution in [3.8, 4) is 0 Å². The molecular weight excluding hydrogens is 1350 g/mol. The molecule has 0 aliphatic carbocycles. The van der Waals surface area contributed by atoms with E-state index in [4.69, 9.17) is 37.0 Å². The van der Waals surface area contributed by atoms with Gasteiger partial charge >= 0.3 is 39.5 Å². The highest BCUT2D eigenvalue weighted by atomic mass is 31.2. The van der Waals surface area contributed by atoms with Gasteiger partial charge in [-0.1, -0.05) is 268 Å². The highest BCUT2D eigenvalue weighted by Gasteiger charge is 2.30. The van der Waals surface area contributed by atoms with Crippen LogP contribution in [0, 0.1) is 0 Å². The summed E-state index contributed by atoms with van der Waals surface area (Å²) in [5, 5.41) is 10.6. The zero-order valence-corrected chi connectivity index (χ0v) is 66.2. The zero-order valence-electron chi connectivity index (χ0n) is 64.4. The number of esters is 4. The quantitative estimate of drug-likeness (QED) is 0.0169. The predicted octanol–water partition coefficient (Wildman–Crippen LogP) is 23.0. The van der Waals surface area contributed by atoms with Crippen LogP contribution in [0.15, 0.2) is 170 Å². The number of unbranched alkanes of at least 4 members (excludes halogenated alkanes) is 18. The van der Waals surface area contributed by atoms with E-state index in [1.54, 1.807) is 0 Å². The van der Waals surface area contributed by atoms with Crippen LogP contribution in [-0.4, -0.2) is 96.7 Å². The van der Waals surface area contributed by atoms with E-state index >= 15 is 0 Å². The van der Waals surface area contributed by atoms with E-state index in [9.17, 15) is 43.2 Å². The predicted molar refractivity (Wildman–Crippen MR) is 426 cm³/mol. The molecule has 5 atom stereocenters. The SMILES string of the molecule is CC/C=C\C/C=C\C/C=C\C/C=C\C/C=C\CCCCCC(=O)OCC(COP(=O)(O)OCC(O)COP(=O)(O)OCC(COC(=O)CCC/C=C\C/C=C\C/C=C\C/C=C\C/C=C\CC)OC(=O)CCCCCCCCC/C=C\C/C=C\C/C=C\CC)OC(=O)CCCCCCC/C=C\CCCC. The molecule has 0 rings (SSSR count). The summed E-state index contributed by atoms with van der Waals surface area (Å²) in [6, 6.07) is 0. The molecule has 0 radical (unpaired) electrons.